The maximum Gasteiger partial charge on any atom is 0.333 e. The molecule has 1 heterocycles. The maximum absolute atomic E-state index is 13.7. The third-order valence-electron chi connectivity index (χ3n) is 6.16. The molecule has 0 spiro atoms. The number of likely N-dealkylation sites (N-methyl/N-ethyl adjacent to an activating group) is 2. The van der Waals surface area contributed by atoms with Gasteiger partial charge in [-0.1, -0.05) is 40.7 Å². The zero-order valence-electron chi connectivity index (χ0n) is 22.4. The van der Waals surface area contributed by atoms with Gasteiger partial charge in [0.05, 0.1) is 12.6 Å². The van der Waals surface area contributed by atoms with E-state index in [1.54, 1.807) is 43.6 Å². The average Bonchev–Trinajstić information content (AvgIpc) is 2.67. The number of hydrogen-bond donors (Lipinski definition) is 1. The predicted molar refractivity (Wildman–Crippen MR) is 136 cm³/mol. The Balaban J connectivity index is 3.21. The number of nitrogens with zero attached hydrogens (tertiary/aromatic N) is 2. The summed E-state index contributed by atoms with van der Waals surface area (Å²) in [6.45, 7) is 18.6. The fourth-order valence-corrected chi connectivity index (χ4v) is 5.60. The van der Waals surface area contributed by atoms with Crippen LogP contribution < -0.4 is 5.32 Å². The number of esters is 1. The van der Waals surface area contributed by atoms with Crippen molar-refractivity contribution in [2.45, 2.75) is 85.2 Å². The second kappa shape index (κ2) is 11.7. The van der Waals surface area contributed by atoms with Crippen molar-refractivity contribution in [2.24, 2.45) is 11.3 Å². The molecule has 190 valence electrons. The van der Waals surface area contributed by atoms with Gasteiger partial charge in [-0.05, 0) is 46.1 Å². The normalized spacial score (nSPS) is 21.3. The van der Waals surface area contributed by atoms with Crippen molar-refractivity contribution in [1.82, 2.24) is 15.1 Å². The van der Waals surface area contributed by atoms with Crippen molar-refractivity contribution < 1.29 is 19.1 Å². The van der Waals surface area contributed by atoms with Crippen LogP contribution in [0.2, 0.25) is 0 Å². The van der Waals surface area contributed by atoms with Crippen LogP contribution in [0.4, 0.5) is 0 Å². The summed E-state index contributed by atoms with van der Waals surface area (Å²) in [4.78, 5) is 43.0. The fourth-order valence-electron chi connectivity index (χ4n) is 4.25. The van der Waals surface area contributed by atoms with Gasteiger partial charge in [0.1, 0.15) is 12.1 Å². The number of thioether (sulfide) groups is 1. The summed E-state index contributed by atoms with van der Waals surface area (Å²) in [5.74, 6) is 0.353. The molecule has 0 aromatic heterocycles. The zero-order valence-corrected chi connectivity index (χ0v) is 23.3. The monoisotopic (exact) mass is 483 g/mol. The van der Waals surface area contributed by atoms with Crippen molar-refractivity contribution >= 4 is 29.5 Å². The molecule has 0 bridgehead atoms. The first-order chi connectivity index (χ1) is 15.0. The predicted octanol–water partition coefficient (Wildman–Crippen LogP) is 3.34. The summed E-state index contributed by atoms with van der Waals surface area (Å²) in [7, 11) is 3.70. The molecule has 0 radical (unpaired) electrons. The Kier molecular flexibility index (Phi) is 10.5. The average molecular weight is 484 g/mol. The van der Waals surface area contributed by atoms with E-state index in [1.165, 1.54) is 0 Å². The largest absolute Gasteiger partial charge is 0.463 e. The van der Waals surface area contributed by atoms with E-state index in [9.17, 15) is 14.4 Å². The van der Waals surface area contributed by atoms with Gasteiger partial charge in [-0.25, -0.2) is 4.79 Å². The molecule has 1 rings (SSSR count). The van der Waals surface area contributed by atoms with Gasteiger partial charge >= 0.3 is 5.97 Å². The molecule has 1 aliphatic heterocycles. The topological polar surface area (TPSA) is 79.0 Å². The number of nitrogens with one attached hydrogen (secondary N) is 1. The van der Waals surface area contributed by atoms with Gasteiger partial charge in [0.25, 0.3) is 0 Å². The molecule has 1 aliphatic rings. The van der Waals surface area contributed by atoms with Gasteiger partial charge < -0.3 is 15.0 Å². The van der Waals surface area contributed by atoms with Crippen molar-refractivity contribution in [3.8, 4) is 0 Å². The van der Waals surface area contributed by atoms with Crippen molar-refractivity contribution in [3.63, 3.8) is 0 Å². The van der Waals surface area contributed by atoms with Gasteiger partial charge in [-0.2, -0.15) is 11.8 Å². The van der Waals surface area contributed by atoms with E-state index in [0.717, 1.165) is 12.3 Å². The number of carbonyl (C=O) groups is 3. The molecular formula is C25H45N3O4S. The van der Waals surface area contributed by atoms with E-state index in [1.807, 2.05) is 41.7 Å². The summed E-state index contributed by atoms with van der Waals surface area (Å²) in [5, 5.41) is 3.09. The molecule has 2 unspecified atom stereocenters. The van der Waals surface area contributed by atoms with Crippen molar-refractivity contribution in [3.05, 3.63) is 11.6 Å². The third-order valence-corrected chi connectivity index (χ3v) is 7.52. The summed E-state index contributed by atoms with van der Waals surface area (Å²) >= 11 is 1.78. The second-order valence-corrected chi connectivity index (χ2v) is 12.6. The number of carbonyl (C=O) groups excluding carboxylic acids is 3. The van der Waals surface area contributed by atoms with Gasteiger partial charge in [-0.3, -0.25) is 14.5 Å². The zero-order chi connectivity index (χ0) is 25.7. The van der Waals surface area contributed by atoms with E-state index in [2.05, 4.69) is 24.1 Å². The SMILES string of the molecule is CCOC(=O)/C(C)=C/[C@H](C(C)C)N(C)C(=O)C(NC(=O)C1N(C)CCSC1(C)C)C(C)(C)C. The number of ether oxygens (including phenoxy) is 1. The molecule has 1 saturated heterocycles. The smallest absolute Gasteiger partial charge is 0.333 e. The first-order valence-corrected chi connectivity index (χ1v) is 12.8. The molecular weight excluding hydrogens is 438 g/mol. The molecule has 3 atom stereocenters. The second-order valence-electron chi connectivity index (χ2n) is 10.9. The quantitative estimate of drug-likeness (QED) is 0.421. The van der Waals surface area contributed by atoms with Gasteiger partial charge in [0, 0.05) is 29.7 Å². The van der Waals surface area contributed by atoms with E-state index in [0.29, 0.717) is 12.2 Å². The molecule has 1 fully saturated rings. The van der Waals surface area contributed by atoms with E-state index in [4.69, 9.17) is 4.74 Å². The highest BCUT2D eigenvalue weighted by Gasteiger charge is 2.44. The summed E-state index contributed by atoms with van der Waals surface area (Å²) < 4.78 is 4.85. The van der Waals surface area contributed by atoms with Gasteiger partial charge in [0.2, 0.25) is 11.8 Å². The summed E-state index contributed by atoms with van der Waals surface area (Å²) in [5.41, 5.74) is -0.0263. The molecule has 1 N–H and O–H groups in total. The van der Waals surface area contributed by atoms with Crippen LogP contribution in [-0.4, -0.2) is 83.5 Å². The van der Waals surface area contributed by atoms with Gasteiger partial charge in [0.15, 0.2) is 0 Å². The molecule has 2 amide bonds. The van der Waals surface area contributed by atoms with E-state index < -0.39 is 11.5 Å². The lowest BCUT2D eigenvalue weighted by atomic mass is 9.84. The molecule has 0 aromatic rings. The minimum atomic E-state index is -0.705. The molecule has 33 heavy (non-hydrogen) atoms. The Morgan fingerprint density at radius 2 is 1.85 bits per heavy atom. The van der Waals surface area contributed by atoms with Crippen LogP contribution in [0, 0.1) is 11.3 Å². The van der Waals surface area contributed by atoms with Gasteiger partial charge in [-0.15, -0.1) is 0 Å². The van der Waals surface area contributed by atoms with Crippen molar-refractivity contribution in [2.75, 3.05) is 33.0 Å². The maximum atomic E-state index is 13.7. The van der Waals surface area contributed by atoms with E-state index >= 15 is 0 Å². The Hall–Kier alpha value is -1.54. The highest BCUT2D eigenvalue weighted by molar-refractivity contribution is 8.00. The van der Waals surface area contributed by atoms with Crippen LogP contribution in [-0.2, 0) is 19.1 Å². The Morgan fingerprint density at radius 3 is 2.30 bits per heavy atom. The summed E-state index contributed by atoms with van der Waals surface area (Å²) in [6, 6.07) is -1.34. The highest BCUT2D eigenvalue weighted by Crippen LogP contribution is 2.35. The van der Waals surface area contributed by atoms with Crippen LogP contribution in [0.5, 0.6) is 0 Å². The summed E-state index contributed by atoms with van der Waals surface area (Å²) in [6.07, 6.45) is 1.79. The lowest BCUT2D eigenvalue weighted by Gasteiger charge is -2.44. The number of rotatable bonds is 8. The first-order valence-electron chi connectivity index (χ1n) is 11.8. The molecule has 0 saturated carbocycles. The molecule has 8 heteroatoms. The lowest BCUT2D eigenvalue weighted by molar-refractivity contribution is -0.141. The number of hydrogen-bond acceptors (Lipinski definition) is 6. The standard InChI is InChI=1S/C25H45N3O4S/c1-12-32-23(31)17(4)15-18(16(2)3)28(11)22(30)19(24(5,6)7)26-21(29)20-25(8,9)33-14-13-27(20)10/h15-16,18-20H,12-14H2,1-11H3,(H,26,29)/b17-15+/t18-,19?,20?/m1/s1. The lowest BCUT2D eigenvalue weighted by Crippen LogP contribution is -2.63. The van der Waals surface area contributed by atoms with Crippen LogP contribution in [0.1, 0.15) is 62.3 Å². The third kappa shape index (κ3) is 7.74. The molecule has 7 nitrogen and oxygen atoms in total. The van der Waals surface area contributed by atoms with Crippen LogP contribution in [0.3, 0.4) is 0 Å². The van der Waals surface area contributed by atoms with E-state index in [-0.39, 0.29) is 40.5 Å². The Labute approximate surface area is 205 Å². The minimum absolute atomic E-state index is 0.0689. The molecule has 0 aromatic carbocycles. The fraction of sp³-hybridized carbons (Fsp3) is 0.800. The number of amides is 2. The Morgan fingerprint density at radius 1 is 1.27 bits per heavy atom. The highest BCUT2D eigenvalue weighted by atomic mass is 32.2. The minimum Gasteiger partial charge on any atom is -0.463 e. The van der Waals surface area contributed by atoms with Crippen LogP contribution in [0.15, 0.2) is 11.6 Å². The molecule has 0 aliphatic carbocycles. The first kappa shape index (κ1) is 29.5. The van der Waals surface area contributed by atoms with Crippen molar-refractivity contribution in [1.29, 1.82) is 0 Å². The van der Waals surface area contributed by atoms with Crippen LogP contribution >= 0.6 is 11.8 Å². The Bertz CT molecular complexity index is 742. The van der Waals surface area contributed by atoms with Crippen LogP contribution in [0.25, 0.3) is 0 Å².